The van der Waals surface area contributed by atoms with Gasteiger partial charge in [0.25, 0.3) is 0 Å². The summed E-state index contributed by atoms with van der Waals surface area (Å²) in [5.74, 6) is 0.764. The molecule has 0 saturated heterocycles. The van der Waals surface area contributed by atoms with Gasteiger partial charge in [-0.1, -0.05) is 48.6 Å². The summed E-state index contributed by atoms with van der Waals surface area (Å²) in [5, 5.41) is 0. The van der Waals surface area contributed by atoms with Gasteiger partial charge in [-0.2, -0.15) is 0 Å². The Hall–Kier alpha value is -2.81. The fraction of sp³-hybridized carbons (Fsp3) is 0.190. The summed E-state index contributed by atoms with van der Waals surface area (Å²) >= 11 is 0. The third kappa shape index (κ3) is 3.57. The Bertz CT molecular complexity index is 719. The molecule has 0 saturated carbocycles. The number of carbonyl (C=O) groups excluding carboxylic acids is 1. The SMILES string of the molecule is COc1ccc(N2C=CC[C@H](C=O)[C@H]2/C=C/c2ccccc2)cc1. The standard InChI is InChI=1S/C21H21NO2/c1-24-20-12-10-19(11-13-20)22-15-5-8-18(16-23)21(22)14-9-17-6-3-2-4-7-17/h2-7,9-16,18,21H,8H2,1H3/b14-9+/t18-,21-/m1/s1. The van der Waals surface area contributed by atoms with Gasteiger partial charge in [0.15, 0.2) is 0 Å². The molecule has 0 amide bonds. The number of anilines is 1. The molecule has 0 radical (unpaired) electrons. The monoisotopic (exact) mass is 319 g/mol. The molecule has 0 spiro atoms. The lowest BCUT2D eigenvalue weighted by Gasteiger charge is -2.35. The maximum atomic E-state index is 11.5. The first kappa shape index (κ1) is 16.1. The Balaban J connectivity index is 1.89. The first-order valence-corrected chi connectivity index (χ1v) is 8.09. The van der Waals surface area contributed by atoms with E-state index < -0.39 is 0 Å². The highest BCUT2D eigenvalue weighted by Gasteiger charge is 2.26. The van der Waals surface area contributed by atoms with Crippen LogP contribution in [0.1, 0.15) is 12.0 Å². The zero-order chi connectivity index (χ0) is 16.8. The zero-order valence-electron chi connectivity index (χ0n) is 13.7. The van der Waals surface area contributed by atoms with E-state index in [2.05, 4.69) is 41.5 Å². The summed E-state index contributed by atoms with van der Waals surface area (Å²) in [6.07, 6.45) is 10.1. The van der Waals surface area contributed by atoms with Crippen LogP contribution in [0, 0.1) is 5.92 Å². The third-order valence-electron chi connectivity index (χ3n) is 4.26. The van der Waals surface area contributed by atoms with Crippen molar-refractivity contribution in [1.29, 1.82) is 0 Å². The number of hydrogen-bond donors (Lipinski definition) is 0. The van der Waals surface area contributed by atoms with E-state index in [0.717, 1.165) is 29.7 Å². The van der Waals surface area contributed by atoms with Crippen molar-refractivity contribution in [2.24, 2.45) is 5.92 Å². The van der Waals surface area contributed by atoms with Crippen LogP contribution < -0.4 is 9.64 Å². The molecule has 2 aromatic rings. The quantitative estimate of drug-likeness (QED) is 0.769. The van der Waals surface area contributed by atoms with Gasteiger partial charge in [-0.05, 0) is 36.2 Å². The number of aldehydes is 1. The molecule has 0 fully saturated rings. The Morgan fingerprint density at radius 3 is 2.50 bits per heavy atom. The molecule has 0 bridgehead atoms. The van der Waals surface area contributed by atoms with E-state index >= 15 is 0 Å². The van der Waals surface area contributed by atoms with Crippen molar-refractivity contribution in [3.8, 4) is 5.75 Å². The van der Waals surface area contributed by atoms with Gasteiger partial charge in [0, 0.05) is 17.8 Å². The van der Waals surface area contributed by atoms with Crippen LogP contribution in [-0.2, 0) is 4.79 Å². The fourth-order valence-electron chi connectivity index (χ4n) is 2.93. The van der Waals surface area contributed by atoms with E-state index in [1.807, 2.05) is 42.5 Å². The average Bonchev–Trinajstić information content (AvgIpc) is 2.67. The molecule has 0 aromatic heterocycles. The van der Waals surface area contributed by atoms with Crippen LogP contribution in [0.25, 0.3) is 6.08 Å². The van der Waals surface area contributed by atoms with Crippen LogP contribution in [-0.4, -0.2) is 19.4 Å². The van der Waals surface area contributed by atoms with Crippen LogP contribution in [0.15, 0.2) is 72.9 Å². The van der Waals surface area contributed by atoms with Gasteiger partial charge in [0.2, 0.25) is 0 Å². The van der Waals surface area contributed by atoms with Gasteiger partial charge in [-0.15, -0.1) is 0 Å². The Morgan fingerprint density at radius 1 is 1.08 bits per heavy atom. The molecule has 3 heteroatoms. The highest BCUT2D eigenvalue weighted by atomic mass is 16.5. The van der Waals surface area contributed by atoms with Gasteiger partial charge in [-0.25, -0.2) is 0 Å². The lowest BCUT2D eigenvalue weighted by atomic mass is 9.92. The van der Waals surface area contributed by atoms with Crippen molar-refractivity contribution in [2.75, 3.05) is 12.0 Å². The maximum Gasteiger partial charge on any atom is 0.125 e. The number of hydrogen-bond acceptors (Lipinski definition) is 3. The fourth-order valence-corrected chi connectivity index (χ4v) is 2.93. The number of allylic oxidation sites excluding steroid dienone is 1. The van der Waals surface area contributed by atoms with E-state index in [1.165, 1.54) is 0 Å². The van der Waals surface area contributed by atoms with E-state index in [-0.39, 0.29) is 12.0 Å². The average molecular weight is 319 g/mol. The third-order valence-corrected chi connectivity index (χ3v) is 4.26. The van der Waals surface area contributed by atoms with Crippen molar-refractivity contribution in [1.82, 2.24) is 0 Å². The molecule has 122 valence electrons. The van der Waals surface area contributed by atoms with Crippen LogP contribution in [0.3, 0.4) is 0 Å². The highest BCUT2D eigenvalue weighted by molar-refractivity contribution is 5.64. The second-order valence-electron chi connectivity index (χ2n) is 5.79. The molecule has 0 N–H and O–H groups in total. The Kier molecular flexibility index (Phi) is 5.12. The predicted molar refractivity (Wildman–Crippen MR) is 98.0 cm³/mol. The predicted octanol–water partition coefficient (Wildman–Crippen LogP) is 4.32. The number of rotatable bonds is 5. The Morgan fingerprint density at radius 2 is 1.83 bits per heavy atom. The van der Waals surface area contributed by atoms with Crippen LogP contribution in [0.4, 0.5) is 5.69 Å². The first-order valence-electron chi connectivity index (χ1n) is 8.09. The molecular weight excluding hydrogens is 298 g/mol. The van der Waals surface area contributed by atoms with E-state index in [0.29, 0.717) is 0 Å². The number of methoxy groups -OCH3 is 1. The number of carbonyl (C=O) groups is 1. The highest BCUT2D eigenvalue weighted by Crippen LogP contribution is 2.29. The molecule has 24 heavy (non-hydrogen) atoms. The van der Waals surface area contributed by atoms with Crippen molar-refractivity contribution < 1.29 is 9.53 Å². The minimum Gasteiger partial charge on any atom is -0.497 e. The summed E-state index contributed by atoms with van der Waals surface area (Å²) in [5.41, 5.74) is 2.17. The summed E-state index contributed by atoms with van der Waals surface area (Å²) in [6, 6.07) is 18.0. The van der Waals surface area contributed by atoms with Crippen molar-refractivity contribution in [3.05, 3.63) is 78.5 Å². The molecule has 3 nitrogen and oxygen atoms in total. The molecule has 1 aliphatic rings. The summed E-state index contributed by atoms with van der Waals surface area (Å²) < 4.78 is 5.22. The lowest BCUT2D eigenvalue weighted by Crippen LogP contribution is -2.38. The van der Waals surface area contributed by atoms with Gasteiger partial charge in [0.1, 0.15) is 12.0 Å². The summed E-state index contributed by atoms with van der Waals surface area (Å²) in [6.45, 7) is 0. The Labute approximate surface area is 142 Å². The molecule has 2 atom stereocenters. The number of benzene rings is 2. The maximum absolute atomic E-state index is 11.5. The van der Waals surface area contributed by atoms with Crippen molar-refractivity contribution >= 4 is 18.0 Å². The van der Waals surface area contributed by atoms with Crippen LogP contribution in [0.2, 0.25) is 0 Å². The van der Waals surface area contributed by atoms with E-state index in [9.17, 15) is 4.79 Å². The molecule has 1 heterocycles. The minimum absolute atomic E-state index is 0.00102. The van der Waals surface area contributed by atoms with Gasteiger partial charge in [-0.3, -0.25) is 0 Å². The van der Waals surface area contributed by atoms with Crippen LogP contribution in [0.5, 0.6) is 5.75 Å². The largest absolute Gasteiger partial charge is 0.497 e. The number of ether oxygens (including phenoxy) is 1. The molecule has 1 aliphatic heterocycles. The first-order chi connectivity index (χ1) is 11.8. The molecule has 3 rings (SSSR count). The van der Waals surface area contributed by atoms with Crippen molar-refractivity contribution in [3.63, 3.8) is 0 Å². The van der Waals surface area contributed by atoms with Gasteiger partial charge < -0.3 is 14.4 Å². The van der Waals surface area contributed by atoms with E-state index in [4.69, 9.17) is 4.74 Å². The smallest absolute Gasteiger partial charge is 0.125 e. The molecule has 2 aromatic carbocycles. The second kappa shape index (κ2) is 7.64. The topological polar surface area (TPSA) is 29.5 Å². The normalized spacial score (nSPS) is 20.3. The summed E-state index contributed by atoms with van der Waals surface area (Å²) in [7, 11) is 1.66. The second-order valence-corrected chi connectivity index (χ2v) is 5.79. The van der Waals surface area contributed by atoms with Crippen molar-refractivity contribution in [2.45, 2.75) is 12.5 Å². The van der Waals surface area contributed by atoms with Gasteiger partial charge >= 0.3 is 0 Å². The van der Waals surface area contributed by atoms with Crippen LogP contribution >= 0.6 is 0 Å². The lowest BCUT2D eigenvalue weighted by molar-refractivity contribution is -0.111. The zero-order valence-corrected chi connectivity index (χ0v) is 13.7. The number of nitrogens with zero attached hydrogens (tertiary/aromatic N) is 1. The van der Waals surface area contributed by atoms with E-state index in [1.54, 1.807) is 7.11 Å². The van der Waals surface area contributed by atoms with Gasteiger partial charge in [0.05, 0.1) is 13.2 Å². The summed E-state index contributed by atoms with van der Waals surface area (Å²) in [4.78, 5) is 13.7. The molecule has 0 aliphatic carbocycles. The minimum atomic E-state index is -0.0583. The molecular formula is C21H21NO2. The molecule has 0 unspecified atom stereocenters.